The second-order valence-electron chi connectivity index (χ2n) is 11.5. The number of carboxylic acids is 1. The fraction of sp³-hybridized carbons (Fsp3) is 0.800. The Balaban J connectivity index is 1.79. The third-order valence-electron chi connectivity index (χ3n) is 7.20. The molecule has 0 radical (unpaired) electrons. The van der Waals surface area contributed by atoms with Crippen molar-refractivity contribution in [1.82, 2.24) is 15.5 Å². The van der Waals surface area contributed by atoms with Crippen molar-refractivity contribution in [3.63, 3.8) is 0 Å². The van der Waals surface area contributed by atoms with Crippen molar-refractivity contribution < 1.29 is 76.4 Å². The molecule has 0 spiro atoms. The zero-order chi connectivity index (χ0) is 39.3. The molecular formula is C35H61N3O16. The molecule has 4 amide bonds. The van der Waals surface area contributed by atoms with Gasteiger partial charge in [-0.25, -0.2) is 4.79 Å². The van der Waals surface area contributed by atoms with Crippen molar-refractivity contribution in [2.75, 3.05) is 146 Å². The molecule has 0 saturated heterocycles. The van der Waals surface area contributed by atoms with Gasteiger partial charge in [0, 0.05) is 38.8 Å². The molecule has 0 aromatic rings. The summed E-state index contributed by atoms with van der Waals surface area (Å²) in [6.45, 7) is 8.48. The number of ether oxygens (including phenoxy) is 10. The van der Waals surface area contributed by atoms with E-state index in [-0.39, 0.29) is 44.9 Å². The van der Waals surface area contributed by atoms with Gasteiger partial charge < -0.3 is 63.1 Å². The molecule has 312 valence electrons. The van der Waals surface area contributed by atoms with Gasteiger partial charge in [0.15, 0.2) is 0 Å². The number of aliphatic carboxylic acids is 1. The lowest BCUT2D eigenvalue weighted by molar-refractivity contribution is -0.142. The van der Waals surface area contributed by atoms with E-state index in [0.29, 0.717) is 132 Å². The third-order valence-corrected chi connectivity index (χ3v) is 7.20. The Kier molecular flexibility index (Phi) is 32.2. The topological polar surface area (TPSA) is 225 Å². The zero-order valence-electron chi connectivity index (χ0n) is 31.6. The number of unbranched alkanes of at least 4 members (excludes halogenated alkanes) is 1. The van der Waals surface area contributed by atoms with E-state index in [9.17, 15) is 29.1 Å². The summed E-state index contributed by atoms with van der Waals surface area (Å²) in [6, 6.07) is -1.08. The molecule has 19 heteroatoms. The Morgan fingerprint density at radius 1 is 0.593 bits per heavy atom. The van der Waals surface area contributed by atoms with Crippen LogP contribution in [0.1, 0.15) is 32.1 Å². The fourth-order valence-corrected chi connectivity index (χ4v) is 4.39. The van der Waals surface area contributed by atoms with Crippen LogP contribution in [0.2, 0.25) is 0 Å². The minimum Gasteiger partial charge on any atom is -0.480 e. The average molecular weight is 780 g/mol. The molecule has 0 saturated carbocycles. The molecule has 1 aliphatic rings. The smallest absolute Gasteiger partial charge is 0.326 e. The second-order valence-corrected chi connectivity index (χ2v) is 11.5. The lowest BCUT2D eigenvalue weighted by Gasteiger charge is -2.16. The number of nitrogens with zero attached hydrogens (tertiary/aromatic N) is 1. The molecule has 54 heavy (non-hydrogen) atoms. The summed E-state index contributed by atoms with van der Waals surface area (Å²) in [5.41, 5.74) is 0. The van der Waals surface area contributed by atoms with Crippen LogP contribution in [0.3, 0.4) is 0 Å². The van der Waals surface area contributed by atoms with Crippen molar-refractivity contribution in [3.8, 4) is 0 Å². The number of rotatable bonds is 40. The van der Waals surface area contributed by atoms with Gasteiger partial charge in [0.2, 0.25) is 11.8 Å². The number of hydrogen-bond donors (Lipinski definition) is 3. The number of hydrogen-bond acceptors (Lipinski definition) is 15. The van der Waals surface area contributed by atoms with Crippen LogP contribution in [0.25, 0.3) is 0 Å². The van der Waals surface area contributed by atoms with Crippen molar-refractivity contribution in [2.45, 2.75) is 38.1 Å². The molecule has 0 fully saturated rings. The Morgan fingerprint density at radius 3 is 1.41 bits per heavy atom. The number of imide groups is 1. The highest BCUT2D eigenvalue weighted by atomic mass is 16.6. The average Bonchev–Trinajstić information content (AvgIpc) is 3.47. The molecule has 0 aromatic carbocycles. The Hall–Kier alpha value is -3.11. The monoisotopic (exact) mass is 779 g/mol. The first-order valence-corrected chi connectivity index (χ1v) is 18.4. The van der Waals surface area contributed by atoms with Gasteiger partial charge >= 0.3 is 5.97 Å². The molecule has 1 rings (SSSR count). The minimum atomic E-state index is -1.16. The highest BCUT2D eigenvalue weighted by Gasteiger charge is 2.24. The SMILES string of the molecule is COCCOCCOCCOCCOCCOCCOCCOCCOCCOCC(=O)NCCCC[C@H](NC(=O)CCCN1C(=O)C=CC1=O)C(=O)O. The van der Waals surface area contributed by atoms with Gasteiger partial charge in [-0.2, -0.15) is 0 Å². The van der Waals surface area contributed by atoms with Crippen molar-refractivity contribution in [2.24, 2.45) is 0 Å². The summed E-state index contributed by atoms with van der Waals surface area (Å²) in [5, 5.41) is 14.6. The van der Waals surface area contributed by atoms with Crippen LogP contribution in [0.5, 0.6) is 0 Å². The summed E-state index contributed by atoms with van der Waals surface area (Å²) in [5.74, 6) is -2.81. The predicted octanol–water partition coefficient (Wildman–Crippen LogP) is -0.657. The van der Waals surface area contributed by atoms with Crippen LogP contribution in [0.4, 0.5) is 0 Å². The van der Waals surface area contributed by atoms with E-state index >= 15 is 0 Å². The van der Waals surface area contributed by atoms with Gasteiger partial charge in [-0.3, -0.25) is 24.1 Å². The molecule has 1 atom stereocenters. The van der Waals surface area contributed by atoms with E-state index in [1.54, 1.807) is 7.11 Å². The summed E-state index contributed by atoms with van der Waals surface area (Å²) in [7, 11) is 1.63. The quantitative estimate of drug-likeness (QED) is 0.0519. The molecule has 0 bridgehead atoms. The van der Waals surface area contributed by atoms with Crippen LogP contribution >= 0.6 is 0 Å². The first-order valence-electron chi connectivity index (χ1n) is 18.4. The Bertz CT molecular complexity index is 1020. The van der Waals surface area contributed by atoms with E-state index in [0.717, 1.165) is 17.1 Å². The molecule has 3 N–H and O–H groups in total. The Morgan fingerprint density at radius 2 is 1.00 bits per heavy atom. The first-order chi connectivity index (χ1) is 26.3. The number of amides is 4. The number of methoxy groups -OCH3 is 1. The molecule has 1 aliphatic heterocycles. The standard InChI is InChI=1S/C35H61N3O16/c1-45-11-12-46-13-14-47-15-16-48-17-18-49-19-20-50-21-22-51-23-24-52-25-26-53-27-28-54-29-32(40)36-9-3-2-5-30(35(43)44)37-31(39)6-4-10-38-33(41)7-8-34(38)42/h7-8,30H,2-6,9-29H2,1H3,(H,36,40)(H,37,39)(H,43,44)/t30-/m0/s1. The molecule has 1 heterocycles. The number of carboxylic acid groups (broad SMARTS) is 1. The number of carbonyl (C=O) groups excluding carboxylic acids is 4. The van der Waals surface area contributed by atoms with Crippen molar-refractivity contribution in [1.29, 1.82) is 0 Å². The summed E-state index contributed by atoms with van der Waals surface area (Å²) in [4.78, 5) is 59.7. The summed E-state index contributed by atoms with van der Waals surface area (Å²) in [6.07, 6.45) is 3.68. The highest BCUT2D eigenvalue weighted by Crippen LogP contribution is 2.07. The number of nitrogens with one attached hydrogen (secondary N) is 2. The second kappa shape index (κ2) is 35.6. The first kappa shape index (κ1) is 48.9. The third kappa shape index (κ3) is 29.3. The maximum atomic E-state index is 12.1. The maximum absolute atomic E-state index is 12.1. The van der Waals surface area contributed by atoms with E-state index in [1.807, 2.05) is 0 Å². The van der Waals surface area contributed by atoms with Crippen LogP contribution in [0, 0.1) is 0 Å². The van der Waals surface area contributed by atoms with Gasteiger partial charge in [0.1, 0.15) is 12.6 Å². The van der Waals surface area contributed by atoms with E-state index in [1.165, 1.54) is 0 Å². The largest absolute Gasteiger partial charge is 0.480 e. The predicted molar refractivity (Wildman–Crippen MR) is 191 cm³/mol. The molecular weight excluding hydrogens is 718 g/mol. The van der Waals surface area contributed by atoms with Gasteiger partial charge in [0.05, 0.1) is 119 Å². The summed E-state index contributed by atoms with van der Waals surface area (Å²) < 4.78 is 53.5. The van der Waals surface area contributed by atoms with Gasteiger partial charge in [-0.1, -0.05) is 0 Å². The van der Waals surface area contributed by atoms with Gasteiger partial charge in [-0.05, 0) is 25.7 Å². The molecule has 0 unspecified atom stereocenters. The molecule has 19 nitrogen and oxygen atoms in total. The van der Waals surface area contributed by atoms with E-state index in [2.05, 4.69) is 10.6 Å². The zero-order valence-corrected chi connectivity index (χ0v) is 31.6. The summed E-state index contributed by atoms with van der Waals surface area (Å²) >= 11 is 0. The lowest BCUT2D eigenvalue weighted by atomic mass is 10.1. The van der Waals surface area contributed by atoms with Crippen LogP contribution in [0.15, 0.2) is 12.2 Å². The van der Waals surface area contributed by atoms with E-state index < -0.39 is 29.7 Å². The highest BCUT2D eigenvalue weighted by molar-refractivity contribution is 6.12. The van der Waals surface area contributed by atoms with Crippen LogP contribution in [-0.2, 0) is 71.3 Å². The van der Waals surface area contributed by atoms with Crippen molar-refractivity contribution >= 4 is 29.6 Å². The lowest BCUT2D eigenvalue weighted by Crippen LogP contribution is -2.41. The fourth-order valence-electron chi connectivity index (χ4n) is 4.39. The number of carbonyl (C=O) groups is 5. The minimum absolute atomic E-state index is 0.0222. The molecule has 0 aliphatic carbocycles. The van der Waals surface area contributed by atoms with Crippen LogP contribution < -0.4 is 10.6 Å². The van der Waals surface area contributed by atoms with Crippen molar-refractivity contribution in [3.05, 3.63) is 12.2 Å². The van der Waals surface area contributed by atoms with Crippen LogP contribution in [-0.4, -0.2) is 191 Å². The maximum Gasteiger partial charge on any atom is 0.326 e. The van der Waals surface area contributed by atoms with E-state index in [4.69, 9.17) is 47.4 Å². The Labute approximate surface area is 317 Å². The van der Waals surface area contributed by atoms with Gasteiger partial charge in [-0.15, -0.1) is 0 Å². The normalized spacial score (nSPS) is 13.2. The van der Waals surface area contributed by atoms with Gasteiger partial charge in [0.25, 0.3) is 11.8 Å². The molecule has 0 aromatic heterocycles.